The van der Waals surface area contributed by atoms with Crippen LogP contribution in [0.3, 0.4) is 0 Å². The van der Waals surface area contributed by atoms with Crippen LogP contribution < -0.4 is 15.0 Å². The van der Waals surface area contributed by atoms with E-state index in [2.05, 4.69) is 38.3 Å². The van der Waals surface area contributed by atoms with Crippen LogP contribution in [-0.2, 0) is 0 Å². The number of aliphatic hydroxyl groups excluding tert-OH is 1. The highest BCUT2D eigenvalue weighted by Crippen LogP contribution is 2.32. The molecule has 3 aromatic heterocycles. The van der Waals surface area contributed by atoms with Crippen LogP contribution in [0.4, 0.5) is 5.82 Å². The quantitative estimate of drug-likeness (QED) is 0.314. The number of amides is 1. The molecule has 0 aliphatic carbocycles. The minimum atomic E-state index is -0.507. The summed E-state index contributed by atoms with van der Waals surface area (Å²) in [5.41, 5.74) is 3.21. The van der Waals surface area contributed by atoms with Crippen molar-refractivity contribution in [2.45, 2.75) is 51.7 Å². The van der Waals surface area contributed by atoms with Gasteiger partial charge in [-0.3, -0.25) is 9.78 Å². The summed E-state index contributed by atoms with van der Waals surface area (Å²) in [5, 5.41) is 27.5. The number of hydrogen-bond acceptors (Lipinski definition) is 8. The largest absolute Gasteiger partial charge is 0.476 e. The molecule has 5 rings (SSSR count). The van der Waals surface area contributed by atoms with Crippen molar-refractivity contribution in [3.63, 3.8) is 0 Å². The van der Waals surface area contributed by atoms with E-state index in [0.29, 0.717) is 52.4 Å². The van der Waals surface area contributed by atoms with Gasteiger partial charge in [-0.15, -0.1) is 5.10 Å². The molecule has 0 saturated carbocycles. The molecule has 0 radical (unpaired) electrons. The van der Waals surface area contributed by atoms with Crippen LogP contribution in [0.25, 0.3) is 16.8 Å². The molecule has 1 saturated heterocycles. The van der Waals surface area contributed by atoms with E-state index in [1.54, 1.807) is 36.1 Å². The number of benzene rings is 1. The van der Waals surface area contributed by atoms with Crippen LogP contribution in [0.5, 0.6) is 5.88 Å². The number of ether oxygens (including phenoxy) is 1. The van der Waals surface area contributed by atoms with Crippen LogP contribution in [0.1, 0.15) is 54.6 Å². The molecule has 0 bridgehead atoms. The summed E-state index contributed by atoms with van der Waals surface area (Å²) in [7, 11) is 0. The summed E-state index contributed by atoms with van der Waals surface area (Å²) >= 11 is 6.31. The van der Waals surface area contributed by atoms with Crippen LogP contribution >= 0.6 is 11.6 Å². The second-order valence-electron chi connectivity index (χ2n) is 10.7. The van der Waals surface area contributed by atoms with Crippen LogP contribution in [0.15, 0.2) is 48.9 Å². The number of halogens is 1. The highest BCUT2D eigenvalue weighted by molar-refractivity contribution is 6.34. The first kappa shape index (κ1) is 28.3. The maximum Gasteiger partial charge on any atom is 0.253 e. The fraction of sp³-hybridized carbons (Fsp3) is 0.367. The monoisotopic (exact) mass is 573 g/mol. The number of aryl methyl sites for hydroxylation is 1. The molecule has 1 unspecified atom stereocenters. The molecule has 41 heavy (non-hydrogen) atoms. The molecular weight excluding hydrogens is 542 g/mol. The van der Waals surface area contributed by atoms with E-state index >= 15 is 0 Å². The Balaban J connectivity index is 1.29. The number of hydrogen-bond donors (Lipinski definition) is 2. The lowest BCUT2D eigenvalue weighted by Crippen LogP contribution is -2.53. The van der Waals surface area contributed by atoms with Gasteiger partial charge in [-0.2, -0.15) is 5.26 Å². The van der Waals surface area contributed by atoms with Crippen LogP contribution in [0, 0.1) is 18.3 Å². The van der Waals surface area contributed by atoms with Gasteiger partial charge >= 0.3 is 0 Å². The van der Waals surface area contributed by atoms with Gasteiger partial charge in [0, 0.05) is 36.8 Å². The van der Waals surface area contributed by atoms with Crippen LogP contribution in [-0.4, -0.2) is 61.9 Å². The molecule has 1 atom stereocenters. The Morgan fingerprint density at radius 1 is 1.24 bits per heavy atom. The lowest BCUT2D eigenvalue weighted by molar-refractivity contribution is 0.0891. The lowest BCUT2D eigenvalue weighted by atomic mass is 9.89. The number of carbonyl (C=O) groups excluding carboxylic acids is 1. The van der Waals surface area contributed by atoms with E-state index in [-0.39, 0.29) is 23.9 Å². The normalized spacial score (nSPS) is 15.4. The molecule has 1 amide bonds. The number of pyridine rings is 1. The maximum absolute atomic E-state index is 13.0. The van der Waals surface area contributed by atoms with Gasteiger partial charge in [-0.25, -0.2) is 9.50 Å². The highest BCUT2D eigenvalue weighted by atomic mass is 35.5. The second-order valence-corrected chi connectivity index (χ2v) is 11.1. The summed E-state index contributed by atoms with van der Waals surface area (Å²) in [6.45, 7) is 7.28. The number of fused-ring (bicyclic) bond motifs is 1. The maximum atomic E-state index is 13.0. The number of nitrogens with zero attached hydrogens (tertiary/aromatic N) is 6. The van der Waals surface area contributed by atoms with E-state index in [1.165, 1.54) is 0 Å². The first-order valence-electron chi connectivity index (χ1n) is 13.6. The predicted molar refractivity (Wildman–Crippen MR) is 156 cm³/mol. The van der Waals surface area contributed by atoms with Gasteiger partial charge in [-0.05, 0) is 57.4 Å². The Kier molecular flexibility index (Phi) is 8.10. The predicted octanol–water partition coefficient (Wildman–Crippen LogP) is 4.56. The number of aliphatic hydroxyl groups is 1. The van der Waals surface area contributed by atoms with E-state index in [9.17, 15) is 15.2 Å². The van der Waals surface area contributed by atoms with Crippen molar-refractivity contribution in [1.29, 1.82) is 5.26 Å². The van der Waals surface area contributed by atoms with Gasteiger partial charge < -0.3 is 20.1 Å². The van der Waals surface area contributed by atoms with Crippen molar-refractivity contribution in [3.05, 3.63) is 70.6 Å². The number of aromatic nitrogens is 4. The minimum Gasteiger partial charge on any atom is -0.476 e. The fourth-order valence-electron chi connectivity index (χ4n) is 5.05. The molecule has 212 valence electrons. The van der Waals surface area contributed by atoms with Crippen molar-refractivity contribution in [2.24, 2.45) is 0 Å². The number of carbonyl (C=O) groups is 1. The first-order valence-corrected chi connectivity index (χ1v) is 13.9. The number of nitriles is 1. The fourth-order valence-corrected chi connectivity index (χ4v) is 5.36. The van der Waals surface area contributed by atoms with E-state index in [4.69, 9.17) is 16.3 Å². The number of nitrogens with one attached hydrogen (secondary N) is 1. The summed E-state index contributed by atoms with van der Waals surface area (Å²) in [5.74, 6) is 0.806. The Bertz CT molecular complexity index is 1580. The smallest absolute Gasteiger partial charge is 0.253 e. The third kappa shape index (κ3) is 5.97. The Labute approximate surface area is 243 Å². The van der Waals surface area contributed by atoms with E-state index in [0.717, 1.165) is 24.2 Å². The molecule has 2 N–H and O–H groups in total. The summed E-state index contributed by atoms with van der Waals surface area (Å²) < 4.78 is 7.30. The van der Waals surface area contributed by atoms with Gasteiger partial charge in [0.1, 0.15) is 17.5 Å². The molecule has 1 aromatic carbocycles. The van der Waals surface area contributed by atoms with Gasteiger partial charge in [-0.1, -0.05) is 23.7 Å². The average molecular weight is 574 g/mol. The summed E-state index contributed by atoms with van der Waals surface area (Å²) in [6.07, 6.45) is 6.58. The first-order chi connectivity index (χ1) is 19.7. The van der Waals surface area contributed by atoms with Crippen LogP contribution in [0.2, 0.25) is 5.02 Å². The SMILES string of the molecule is Cc1cccc(Cl)c1C(=O)NC1(C)CCN(c2cnc(-c3cccn4nc(OCCC(C)O)c(C#N)c34)cn2)CC1. The Hall–Kier alpha value is -4.20. The molecule has 10 nitrogen and oxygen atoms in total. The molecule has 11 heteroatoms. The lowest BCUT2D eigenvalue weighted by Gasteiger charge is -2.40. The molecule has 1 aliphatic heterocycles. The molecular formula is C30H32ClN7O3. The van der Waals surface area contributed by atoms with Gasteiger partial charge in [0.25, 0.3) is 11.8 Å². The van der Waals surface area contributed by atoms with Crippen molar-refractivity contribution >= 4 is 28.8 Å². The van der Waals surface area contributed by atoms with E-state index < -0.39 is 6.10 Å². The zero-order chi connectivity index (χ0) is 29.1. The summed E-state index contributed by atoms with van der Waals surface area (Å²) in [6, 6.07) is 11.4. The summed E-state index contributed by atoms with van der Waals surface area (Å²) in [4.78, 5) is 24.5. The van der Waals surface area contributed by atoms with Gasteiger partial charge in [0.05, 0.1) is 46.9 Å². The zero-order valence-electron chi connectivity index (χ0n) is 23.3. The molecule has 4 aromatic rings. The third-order valence-corrected chi connectivity index (χ3v) is 7.79. The van der Waals surface area contributed by atoms with Crippen molar-refractivity contribution < 1.29 is 14.6 Å². The second kappa shape index (κ2) is 11.7. The van der Waals surface area contributed by atoms with Crippen molar-refractivity contribution in [1.82, 2.24) is 24.9 Å². The highest BCUT2D eigenvalue weighted by Gasteiger charge is 2.33. The van der Waals surface area contributed by atoms with Crippen molar-refractivity contribution in [3.8, 4) is 23.2 Å². The number of rotatable bonds is 8. The standard InChI is InChI=1S/C30H32ClN7O3/c1-19-6-4-8-23(31)26(19)28(40)35-30(3)10-13-37(14-11-30)25-18-33-24(17-34-25)21-7-5-12-38-27(21)22(16-32)29(36-38)41-15-9-20(2)39/h4-8,12,17-18,20,39H,9-11,13-15H2,1-3H3,(H,35,40). The molecule has 1 fully saturated rings. The average Bonchev–Trinajstić information content (AvgIpc) is 3.30. The molecule has 1 aliphatic rings. The number of anilines is 1. The topological polar surface area (TPSA) is 129 Å². The molecule has 0 spiro atoms. The minimum absolute atomic E-state index is 0.157. The van der Waals surface area contributed by atoms with Gasteiger partial charge in [0.15, 0.2) is 0 Å². The Morgan fingerprint density at radius 3 is 2.68 bits per heavy atom. The zero-order valence-corrected chi connectivity index (χ0v) is 24.0. The van der Waals surface area contributed by atoms with Crippen molar-refractivity contribution in [2.75, 3.05) is 24.6 Å². The number of piperidine rings is 1. The van der Waals surface area contributed by atoms with E-state index in [1.807, 2.05) is 31.2 Å². The molecule has 4 heterocycles. The van der Waals surface area contributed by atoms with Gasteiger partial charge in [0.2, 0.25) is 0 Å². The Morgan fingerprint density at radius 2 is 2.02 bits per heavy atom. The third-order valence-electron chi connectivity index (χ3n) is 7.48.